The second-order valence-electron chi connectivity index (χ2n) is 4.28. The van der Waals surface area contributed by atoms with Crippen LogP contribution in [0.5, 0.6) is 5.75 Å². The van der Waals surface area contributed by atoms with E-state index in [0.29, 0.717) is 12.1 Å². The van der Waals surface area contributed by atoms with E-state index in [4.69, 9.17) is 0 Å². The van der Waals surface area contributed by atoms with Crippen molar-refractivity contribution in [3.63, 3.8) is 0 Å². The highest BCUT2D eigenvalue weighted by Crippen LogP contribution is 2.19. The first-order chi connectivity index (χ1) is 7.97. The third kappa shape index (κ3) is 3.46. The molecular formula is C13H18BrNO2. The summed E-state index contributed by atoms with van der Waals surface area (Å²) in [6.45, 7) is 6.43. The molecule has 17 heavy (non-hydrogen) atoms. The number of phenols is 1. The predicted molar refractivity (Wildman–Crippen MR) is 72.8 cm³/mol. The van der Waals surface area contributed by atoms with E-state index in [1.165, 1.54) is 6.07 Å². The molecule has 1 aromatic carbocycles. The maximum Gasteiger partial charge on any atom is 0.254 e. The van der Waals surface area contributed by atoms with Gasteiger partial charge < -0.3 is 10.0 Å². The highest BCUT2D eigenvalue weighted by atomic mass is 79.9. The summed E-state index contributed by atoms with van der Waals surface area (Å²) in [6, 6.07) is 5.18. The number of nitrogens with zero attached hydrogens (tertiary/aromatic N) is 1. The molecular weight excluding hydrogens is 282 g/mol. The van der Waals surface area contributed by atoms with Crippen molar-refractivity contribution in [2.75, 3.05) is 11.9 Å². The van der Waals surface area contributed by atoms with Crippen molar-refractivity contribution in [2.24, 2.45) is 0 Å². The monoisotopic (exact) mass is 299 g/mol. The van der Waals surface area contributed by atoms with Gasteiger partial charge in [0.2, 0.25) is 0 Å². The van der Waals surface area contributed by atoms with Crippen molar-refractivity contribution in [1.82, 2.24) is 4.90 Å². The molecule has 0 saturated carbocycles. The minimum Gasteiger partial charge on any atom is -0.508 e. The van der Waals surface area contributed by atoms with Gasteiger partial charge >= 0.3 is 0 Å². The van der Waals surface area contributed by atoms with Crippen molar-refractivity contribution >= 4 is 21.8 Å². The number of hydrogen-bond donors (Lipinski definition) is 1. The van der Waals surface area contributed by atoms with Gasteiger partial charge in [-0.1, -0.05) is 22.0 Å². The van der Waals surface area contributed by atoms with Crippen LogP contribution in [0.2, 0.25) is 0 Å². The minimum absolute atomic E-state index is 0.0465. The molecule has 1 amide bonds. The Morgan fingerprint density at radius 1 is 1.47 bits per heavy atom. The number of hydrogen-bond acceptors (Lipinski definition) is 2. The average Bonchev–Trinajstić information content (AvgIpc) is 2.28. The van der Waals surface area contributed by atoms with Crippen molar-refractivity contribution in [1.29, 1.82) is 0 Å². The van der Waals surface area contributed by atoms with Crippen molar-refractivity contribution < 1.29 is 9.90 Å². The second-order valence-corrected chi connectivity index (χ2v) is 5.08. The number of alkyl halides is 1. The first-order valence-corrected chi connectivity index (χ1v) is 6.76. The molecule has 0 unspecified atom stereocenters. The van der Waals surface area contributed by atoms with Gasteiger partial charge in [0.25, 0.3) is 5.91 Å². The lowest BCUT2D eigenvalue weighted by atomic mass is 10.1. The molecule has 1 aromatic rings. The molecule has 1 N–H and O–H groups in total. The summed E-state index contributed by atoms with van der Waals surface area (Å²) in [6.07, 6.45) is 0. The molecule has 0 aliphatic carbocycles. The number of phenolic OH excluding ortho intramolecular Hbond substituents is 1. The summed E-state index contributed by atoms with van der Waals surface area (Å²) in [7, 11) is 0. The fraction of sp³-hybridized carbons (Fsp3) is 0.462. The molecule has 0 fully saturated rings. The van der Waals surface area contributed by atoms with E-state index >= 15 is 0 Å². The first-order valence-electron chi connectivity index (χ1n) is 5.64. The van der Waals surface area contributed by atoms with Crippen molar-refractivity contribution in [3.05, 3.63) is 29.3 Å². The number of carbonyl (C=O) groups excluding carboxylic acids is 1. The van der Waals surface area contributed by atoms with Crippen molar-refractivity contribution in [3.8, 4) is 5.75 Å². The van der Waals surface area contributed by atoms with Crippen LogP contribution in [-0.2, 0) is 0 Å². The Kier molecular flexibility index (Phi) is 5.00. The maximum absolute atomic E-state index is 12.2. The number of rotatable bonds is 4. The number of halogens is 1. The Morgan fingerprint density at radius 2 is 2.12 bits per heavy atom. The van der Waals surface area contributed by atoms with Gasteiger partial charge in [0, 0.05) is 23.5 Å². The predicted octanol–water partition coefficient (Wildman–Crippen LogP) is 2.95. The summed E-state index contributed by atoms with van der Waals surface area (Å²) in [5, 5.41) is 10.4. The van der Waals surface area contributed by atoms with Crippen LogP contribution in [-0.4, -0.2) is 33.8 Å². The molecule has 0 spiro atoms. The van der Waals surface area contributed by atoms with E-state index in [-0.39, 0.29) is 17.7 Å². The van der Waals surface area contributed by atoms with Crippen LogP contribution in [0.25, 0.3) is 0 Å². The van der Waals surface area contributed by atoms with Crippen molar-refractivity contribution in [2.45, 2.75) is 26.8 Å². The fourth-order valence-electron chi connectivity index (χ4n) is 1.59. The molecule has 3 nitrogen and oxygen atoms in total. The van der Waals surface area contributed by atoms with Gasteiger partial charge in [-0.3, -0.25) is 4.79 Å². The lowest BCUT2D eigenvalue weighted by Crippen LogP contribution is -2.38. The molecule has 0 aliphatic rings. The third-order valence-electron chi connectivity index (χ3n) is 2.67. The Bertz CT molecular complexity index is 404. The van der Waals surface area contributed by atoms with E-state index < -0.39 is 0 Å². The fourth-order valence-corrected chi connectivity index (χ4v) is 1.98. The average molecular weight is 300 g/mol. The Balaban J connectivity index is 2.97. The Labute approximate surface area is 111 Å². The number of carbonyl (C=O) groups is 1. The minimum atomic E-state index is -0.0465. The lowest BCUT2D eigenvalue weighted by Gasteiger charge is -2.26. The van der Waals surface area contributed by atoms with E-state index in [2.05, 4.69) is 15.9 Å². The highest BCUT2D eigenvalue weighted by molar-refractivity contribution is 9.09. The van der Waals surface area contributed by atoms with Crippen LogP contribution in [0.4, 0.5) is 0 Å². The molecule has 1 rings (SSSR count). The number of benzene rings is 1. The molecule has 0 atom stereocenters. The lowest BCUT2D eigenvalue weighted by molar-refractivity contribution is 0.0719. The van der Waals surface area contributed by atoms with Gasteiger partial charge in [0.1, 0.15) is 5.75 Å². The second kappa shape index (κ2) is 6.05. The SMILES string of the molecule is Cc1ccc(C(=O)N(CCBr)C(C)C)cc1O. The molecule has 94 valence electrons. The van der Waals surface area contributed by atoms with Crippen LogP contribution in [0.15, 0.2) is 18.2 Å². The van der Waals surface area contributed by atoms with Gasteiger partial charge in [-0.25, -0.2) is 0 Å². The van der Waals surface area contributed by atoms with Gasteiger partial charge in [-0.15, -0.1) is 0 Å². The molecule has 4 heteroatoms. The quantitative estimate of drug-likeness (QED) is 0.869. The van der Waals surface area contributed by atoms with E-state index in [1.54, 1.807) is 17.0 Å². The molecule has 0 aliphatic heterocycles. The largest absolute Gasteiger partial charge is 0.508 e. The molecule has 0 bridgehead atoms. The number of amides is 1. The summed E-state index contributed by atoms with van der Waals surface area (Å²) in [5.41, 5.74) is 1.31. The Hall–Kier alpha value is -1.03. The molecule has 0 heterocycles. The van der Waals surface area contributed by atoms with Gasteiger partial charge in [0.05, 0.1) is 0 Å². The summed E-state index contributed by atoms with van der Waals surface area (Å²) < 4.78 is 0. The summed E-state index contributed by atoms with van der Waals surface area (Å²) in [4.78, 5) is 14.0. The highest BCUT2D eigenvalue weighted by Gasteiger charge is 2.18. The molecule has 0 radical (unpaired) electrons. The number of aryl methyl sites for hydroxylation is 1. The molecule has 0 saturated heterocycles. The van der Waals surface area contributed by atoms with E-state index in [9.17, 15) is 9.90 Å². The Morgan fingerprint density at radius 3 is 2.59 bits per heavy atom. The summed E-state index contributed by atoms with van der Waals surface area (Å²) in [5.74, 6) is 0.119. The zero-order chi connectivity index (χ0) is 13.0. The zero-order valence-corrected chi connectivity index (χ0v) is 12.0. The summed E-state index contributed by atoms with van der Waals surface area (Å²) >= 11 is 3.34. The number of aromatic hydroxyl groups is 1. The first kappa shape index (κ1) is 14.0. The standard InChI is InChI=1S/C13H18BrNO2/c1-9(2)15(7-6-14)13(17)11-5-4-10(3)12(16)8-11/h4-5,8-9,16H,6-7H2,1-3H3. The zero-order valence-electron chi connectivity index (χ0n) is 10.4. The normalized spacial score (nSPS) is 10.6. The topological polar surface area (TPSA) is 40.5 Å². The molecule has 0 aromatic heterocycles. The van der Waals surface area contributed by atoms with Crippen LogP contribution in [0.1, 0.15) is 29.8 Å². The van der Waals surface area contributed by atoms with E-state index in [0.717, 1.165) is 10.9 Å². The van der Waals surface area contributed by atoms with Crippen LogP contribution in [0.3, 0.4) is 0 Å². The third-order valence-corrected chi connectivity index (χ3v) is 3.02. The van der Waals surface area contributed by atoms with Crippen LogP contribution in [0, 0.1) is 6.92 Å². The smallest absolute Gasteiger partial charge is 0.254 e. The van der Waals surface area contributed by atoms with E-state index in [1.807, 2.05) is 20.8 Å². The van der Waals surface area contributed by atoms with Gasteiger partial charge in [-0.2, -0.15) is 0 Å². The van der Waals surface area contributed by atoms with Crippen LogP contribution >= 0.6 is 15.9 Å². The van der Waals surface area contributed by atoms with Crippen LogP contribution < -0.4 is 0 Å². The van der Waals surface area contributed by atoms with Gasteiger partial charge in [0.15, 0.2) is 0 Å². The van der Waals surface area contributed by atoms with Gasteiger partial charge in [-0.05, 0) is 38.5 Å². The maximum atomic E-state index is 12.2.